The summed E-state index contributed by atoms with van der Waals surface area (Å²) in [7, 11) is 3.55. The van der Waals surface area contributed by atoms with Crippen molar-refractivity contribution in [3.05, 3.63) is 29.8 Å². The fraction of sp³-hybridized carbons (Fsp3) is 0.385. The SMILES string of the molecule is CNC(=O)N(C)c1ccc([C@](O)(C(=O)OC)C(F)(F)F)cc1. The van der Waals surface area contributed by atoms with Gasteiger partial charge in [-0.2, -0.15) is 13.2 Å². The standard InChI is InChI=1S/C13H15F3N2O4/c1-17-11(20)18(2)9-6-4-8(5-7-9)12(21,10(19)22-3)13(14,15)16/h4-7,21H,1-3H3,(H,17,20)/t12-/m0/s1. The molecule has 0 aliphatic carbocycles. The first-order valence-corrected chi connectivity index (χ1v) is 6.03. The number of amides is 2. The molecule has 9 heteroatoms. The maximum Gasteiger partial charge on any atom is 0.432 e. The van der Waals surface area contributed by atoms with Crippen LogP contribution in [-0.2, 0) is 15.1 Å². The number of aliphatic hydroxyl groups is 1. The van der Waals surface area contributed by atoms with Crippen molar-refractivity contribution in [1.82, 2.24) is 5.32 Å². The van der Waals surface area contributed by atoms with Gasteiger partial charge in [-0.25, -0.2) is 9.59 Å². The van der Waals surface area contributed by atoms with E-state index in [2.05, 4.69) is 10.1 Å². The lowest BCUT2D eigenvalue weighted by Gasteiger charge is -2.28. The molecule has 0 aliphatic rings. The van der Waals surface area contributed by atoms with Crippen LogP contribution in [0.3, 0.4) is 0 Å². The lowest BCUT2D eigenvalue weighted by atomic mass is 9.93. The van der Waals surface area contributed by atoms with Crippen LogP contribution in [0.25, 0.3) is 0 Å². The van der Waals surface area contributed by atoms with E-state index < -0.39 is 29.3 Å². The second-order valence-electron chi connectivity index (χ2n) is 4.36. The molecule has 0 spiro atoms. The molecule has 0 aliphatic heterocycles. The highest BCUT2D eigenvalue weighted by atomic mass is 19.4. The number of nitrogens with zero attached hydrogens (tertiary/aromatic N) is 1. The zero-order valence-corrected chi connectivity index (χ0v) is 12.1. The van der Waals surface area contributed by atoms with Crippen molar-refractivity contribution in [2.24, 2.45) is 0 Å². The Kier molecular flexibility index (Phi) is 5.02. The number of rotatable bonds is 3. The van der Waals surface area contributed by atoms with Gasteiger partial charge in [0.05, 0.1) is 7.11 Å². The number of methoxy groups -OCH3 is 1. The van der Waals surface area contributed by atoms with E-state index in [4.69, 9.17) is 0 Å². The van der Waals surface area contributed by atoms with E-state index in [9.17, 15) is 27.9 Å². The molecule has 0 saturated heterocycles. The summed E-state index contributed by atoms with van der Waals surface area (Å²) in [4.78, 5) is 24.0. The normalized spacial score (nSPS) is 14.0. The molecular formula is C13H15F3N2O4. The summed E-state index contributed by atoms with van der Waals surface area (Å²) in [6, 6.07) is 3.67. The molecule has 2 N–H and O–H groups in total. The third-order valence-electron chi connectivity index (χ3n) is 3.08. The first kappa shape index (κ1) is 17.8. The van der Waals surface area contributed by atoms with E-state index in [1.165, 1.54) is 26.2 Å². The molecule has 1 aromatic rings. The number of carbonyl (C=O) groups excluding carboxylic acids is 2. The molecule has 22 heavy (non-hydrogen) atoms. The third-order valence-corrected chi connectivity index (χ3v) is 3.08. The van der Waals surface area contributed by atoms with E-state index in [1.54, 1.807) is 0 Å². The Balaban J connectivity index is 3.26. The number of esters is 1. The topological polar surface area (TPSA) is 78.9 Å². The van der Waals surface area contributed by atoms with Crippen molar-refractivity contribution < 1.29 is 32.6 Å². The Hall–Kier alpha value is -2.29. The van der Waals surface area contributed by atoms with Gasteiger partial charge < -0.3 is 15.2 Å². The maximum absolute atomic E-state index is 13.0. The Labute approximate surface area is 124 Å². The third kappa shape index (κ3) is 2.98. The average molecular weight is 320 g/mol. The van der Waals surface area contributed by atoms with Gasteiger partial charge in [0.15, 0.2) is 0 Å². The number of ether oxygens (including phenoxy) is 1. The average Bonchev–Trinajstić information content (AvgIpc) is 2.50. The summed E-state index contributed by atoms with van der Waals surface area (Å²) in [5.41, 5.74) is -4.20. The lowest BCUT2D eigenvalue weighted by molar-refractivity contribution is -0.266. The van der Waals surface area contributed by atoms with Crippen LogP contribution in [0.5, 0.6) is 0 Å². The van der Waals surface area contributed by atoms with Crippen molar-refractivity contribution >= 4 is 17.7 Å². The van der Waals surface area contributed by atoms with Crippen LogP contribution in [0.1, 0.15) is 5.56 Å². The quantitative estimate of drug-likeness (QED) is 0.825. The van der Waals surface area contributed by atoms with Crippen molar-refractivity contribution in [2.75, 3.05) is 26.1 Å². The number of nitrogens with one attached hydrogen (secondary N) is 1. The molecule has 0 saturated carbocycles. The van der Waals surface area contributed by atoms with Crippen LogP contribution < -0.4 is 10.2 Å². The minimum absolute atomic E-state index is 0.275. The van der Waals surface area contributed by atoms with Gasteiger partial charge in [0.25, 0.3) is 5.60 Å². The minimum Gasteiger partial charge on any atom is -0.466 e. The predicted octanol–water partition coefficient (Wildman–Crippen LogP) is 1.39. The van der Waals surface area contributed by atoms with Gasteiger partial charge >= 0.3 is 18.2 Å². The smallest absolute Gasteiger partial charge is 0.432 e. The highest BCUT2D eigenvalue weighted by Gasteiger charge is 2.62. The van der Waals surface area contributed by atoms with Gasteiger partial charge in [0, 0.05) is 25.3 Å². The van der Waals surface area contributed by atoms with Crippen LogP contribution in [0.15, 0.2) is 24.3 Å². The van der Waals surface area contributed by atoms with Gasteiger partial charge in [-0.3, -0.25) is 4.90 Å². The fourth-order valence-corrected chi connectivity index (χ4v) is 1.76. The zero-order chi connectivity index (χ0) is 17.1. The molecule has 122 valence electrons. The Morgan fingerprint density at radius 3 is 2.09 bits per heavy atom. The van der Waals surface area contributed by atoms with Crippen LogP contribution in [0, 0.1) is 0 Å². The predicted molar refractivity (Wildman–Crippen MR) is 71.3 cm³/mol. The lowest BCUT2D eigenvalue weighted by Crippen LogP contribution is -2.49. The number of halogens is 3. The van der Waals surface area contributed by atoms with Crippen LogP contribution in [0.4, 0.5) is 23.7 Å². The Morgan fingerprint density at radius 2 is 1.73 bits per heavy atom. The molecule has 0 heterocycles. The molecule has 0 unspecified atom stereocenters. The summed E-state index contributed by atoms with van der Waals surface area (Å²) >= 11 is 0. The molecule has 0 aromatic heterocycles. The van der Waals surface area contributed by atoms with Gasteiger partial charge in [0.1, 0.15) is 0 Å². The van der Waals surface area contributed by atoms with E-state index in [1.807, 2.05) is 0 Å². The van der Waals surface area contributed by atoms with Crippen molar-refractivity contribution in [3.8, 4) is 0 Å². The molecule has 1 atom stereocenters. The minimum atomic E-state index is -5.26. The summed E-state index contributed by atoms with van der Waals surface area (Å²) in [6.07, 6.45) is -5.26. The molecule has 0 radical (unpaired) electrons. The summed E-state index contributed by atoms with van der Waals surface area (Å²) < 4.78 is 43.2. The number of hydrogen-bond acceptors (Lipinski definition) is 4. The number of benzene rings is 1. The zero-order valence-electron chi connectivity index (χ0n) is 12.1. The molecule has 2 amide bonds. The summed E-state index contributed by atoms with van der Waals surface area (Å²) in [6.45, 7) is 0. The molecule has 1 rings (SSSR count). The second-order valence-corrected chi connectivity index (χ2v) is 4.36. The maximum atomic E-state index is 13.0. The fourth-order valence-electron chi connectivity index (χ4n) is 1.76. The van der Waals surface area contributed by atoms with Crippen molar-refractivity contribution in [2.45, 2.75) is 11.8 Å². The Morgan fingerprint density at radius 1 is 1.23 bits per heavy atom. The van der Waals surface area contributed by atoms with Crippen LogP contribution in [0.2, 0.25) is 0 Å². The van der Waals surface area contributed by atoms with Crippen molar-refractivity contribution in [1.29, 1.82) is 0 Å². The number of anilines is 1. The van der Waals surface area contributed by atoms with Gasteiger partial charge in [-0.1, -0.05) is 12.1 Å². The first-order valence-electron chi connectivity index (χ1n) is 6.03. The van der Waals surface area contributed by atoms with Gasteiger partial charge in [-0.15, -0.1) is 0 Å². The summed E-state index contributed by atoms with van der Waals surface area (Å²) in [5.74, 6) is -1.84. The number of hydrogen-bond donors (Lipinski definition) is 2. The number of carbonyl (C=O) groups is 2. The van der Waals surface area contributed by atoms with Crippen molar-refractivity contribution in [3.63, 3.8) is 0 Å². The van der Waals surface area contributed by atoms with Crippen LogP contribution in [-0.4, -0.2) is 44.5 Å². The van der Waals surface area contributed by atoms with Crippen LogP contribution >= 0.6 is 0 Å². The largest absolute Gasteiger partial charge is 0.466 e. The van der Waals surface area contributed by atoms with E-state index in [0.29, 0.717) is 0 Å². The van der Waals surface area contributed by atoms with E-state index in [-0.39, 0.29) is 5.69 Å². The highest BCUT2D eigenvalue weighted by Crippen LogP contribution is 2.40. The summed E-state index contributed by atoms with van der Waals surface area (Å²) in [5, 5.41) is 12.1. The highest BCUT2D eigenvalue weighted by molar-refractivity contribution is 5.91. The molecular weight excluding hydrogens is 305 g/mol. The molecule has 1 aromatic carbocycles. The second kappa shape index (κ2) is 6.22. The van der Waals surface area contributed by atoms with E-state index in [0.717, 1.165) is 24.1 Å². The number of urea groups is 1. The monoisotopic (exact) mass is 320 g/mol. The Bertz CT molecular complexity index is 559. The molecule has 0 fully saturated rings. The molecule has 0 bridgehead atoms. The van der Waals surface area contributed by atoms with Gasteiger partial charge in [-0.05, 0) is 12.1 Å². The first-order chi connectivity index (χ1) is 10.1. The van der Waals surface area contributed by atoms with Gasteiger partial charge in [0.2, 0.25) is 0 Å². The van der Waals surface area contributed by atoms with E-state index >= 15 is 0 Å². The number of alkyl halides is 3. The molecule has 6 nitrogen and oxygen atoms in total.